The summed E-state index contributed by atoms with van der Waals surface area (Å²) in [4.78, 5) is 11.0. The van der Waals surface area contributed by atoms with E-state index in [0.717, 1.165) is 24.5 Å². The quantitative estimate of drug-likeness (QED) is 0.530. The van der Waals surface area contributed by atoms with Gasteiger partial charge in [0.1, 0.15) is 17.1 Å². The Morgan fingerprint density at radius 3 is 2.82 bits per heavy atom. The van der Waals surface area contributed by atoms with Crippen LogP contribution in [0.15, 0.2) is 28.9 Å². The third kappa shape index (κ3) is 3.41. The van der Waals surface area contributed by atoms with Crippen molar-refractivity contribution in [2.45, 2.75) is 39.7 Å². The molecule has 4 heterocycles. The SMILES string of the molecule is Cc1nnc2nc(N3CCCC4C(C#CC(C)(C)C#N)=CN=CC43)c3c(F)c(F)ccc3n12. The van der Waals surface area contributed by atoms with Crippen LogP contribution in [0.25, 0.3) is 16.7 Å². The molecule has 9 heteroatoms. The number of fused-ring (bicyclic) bond motifs is 4. The Labute approximate surface area is 189 Å². The molecule has 7 nitrogen and oxygen atoms in total. The van der Waals surface area contributed by atoms with E-state index in [1.165, 1.54) is 6.07 Å². The summed E-state index contributed by atoms with van der Waals surface area (Å²) < 4.78 is 31.1. The van der Waals surface area contributed by atoms with Crippen LogP contribution in [0.5, 0.6) is 0 Å². The van der Waals surface area contributed by atoms with Gasteiger partial charge in [0, 0.05) is 30.5 Å². The Balaban J connectivity index is 1.65. The third-order valence-electron chi connectivity index (χ3n) is 6.16. The van der Waals surface area contributed by atoms with E-state index in [1.54, 1.807) is 37.6 Å². The predicted octanol–water partition coefficient (Wildman–Crippen LogP) is 3.97. The molecule has 2 aliphatic rings. The molecule has 1 aromatic carbocycles. The maximum Gasteiger partial charge on any atom is 0.257 e. The molecule has 0 amide bonds. The number of nitrogens with zero attached hydrogens (tertiary/aromatic N) is 7. The number of halogens is 2. The smallest absolute Gasteiger partial charge is 0.257 e. The zero-order valence-corrected chi connectivity index (χ0v) is 18.5. The zero-order chi connectivity index (χ0) is 23.3. The molecule has 5 rings (SSSR count). The van der Waals surface area contributed by atoms with Crippen LogP contribution in [0, 0.1) is 53.1 Å². The van der Waals surface area contributed by atoms with Crippen LogP contribution in [0.3, 0.4) is 0 Å². The van der Waals surface area contributed by atoms with E-state index in [2.05, 4.69) is 38.1 Å². The highest BCUT2D eigenvalue weighted by Crippen LogP contribution is 2.38. The fraction of sp³-hybridized carbons (Fsp3) is 0.375. The number of anilines is 1. The highest BCUT2D eigenvalue weighted by atomic mass is 19.2. The third-order valence-corrected chi connectivity index (χ3v) is 6.16. The number of rotatable bonds is 1. The second-order valence-electron chi connectivity index (χ2n) is 8.88. The van der Waals surface area contributed by atoms with Gasteiger partial charge < -0.3 is 4.90 Å². The van der Waals surface area contributed by atoms with Crippen LogP contribution in [-0.4, -0.2) is 38.4 Å². The molecule has 1 saturated heterocycles. The van der Waals surface area contributed by atoms with Gasteiger partial charge in [-0.15, -0.1) is 10.2 Å². The fourth-order valence-corrected chi connectivity index (χ4v) is 4.48. The largest absolute Gasteiger partial charge is 0.347 e. The molecule has 0 saturated carbocycles. The fourth-order valence-electron chi connectivity index (χ4n) is 4.48. The van der Waals surface area contributed by atoms with Crippen molar-refractivity contribution >= 4 is 28.7 Å². The summed E-state index contributed by atoms with van der Waals surface area (Å²) in [5, 5.41) is 17.6. The molecule has 0 bridgehead atoms. The van der Waals surface area contributed by atoms with Crippen LogP contribution < -0.4 is 4.90 Å². The molecule has 33 heavy (non-hydrogen) atoms. The molecule has 0 radical (unpaired) electrons. The molecule has 0 aliphatic carbocycles. The van der Waals surface area contributed by atoms with Gasteiger partial charge in [-0.3, -0.25) is 9.39 Å². The van der Waals surface area contributed by atoms with E-state index in [-0.39, 0.29) is 17.3 Å². The van der Waals surface area contributed by atoms with E-state index in [1.807, 2.05) is 4.90 Å². The Morgan fingerprint density at radius 1 is 1.21 bits per heavy atom. The summed E-state index contributed by atoms with van der Waals surface area (Å²) >= 11 is 0. The van der Waals surface area contributed by atoms with Crippen molar-refractivity contribution in [3.63, 3.8) is 0 Å². The molecule has 2 atom stereocenters. The van der Waals surface area contributed by atoms with Crippen LogP contribution in [0.2, 0.25) is 0 Å². The lowest BCUT2D eigenvalue weighted by Crippen LogP contribution is -2.48. The molecular weight excluding hydrogens is 424 g/mol. The van der Waals surface area contributed by atoms with Gasteiger partial charge in [0.05, 0.1) is 23.0 Å². The van der Waals surface area contributed by atoms with Gasteiger partial charge in [-0.05, 0) is 45.7 Å². The highest BCUT2D eigenvalue weighted by molar-refractivity contribution is 5.94. The van der Waals surface area contributed by atoms with Crippen LogP contribution in [-0.2, 0) is 0 Å². The summed E-state index contributed by atoms with van der Waals surface area (Å²) in [7, 11) is 0. The van der Waals surface area contributed by atoms with Crippen molar-refractivity contribution < 1.29 is 8.78 Å². The van der Waals surface area contributed by atoms with Gasteiger partial charge >= 0.3 is 0 Å². The number of hydrogen-bond acceptors (Lipinski definition) is 6. The van der Waals surface area contributed by atoms with Crippen molar-refractivity contribution in [3.8, 4) is 17.9 Å². The first-order valence-electron chi connectivity index (χ1n) is 10.7. The van der Waals surface area contributed by atoms with E-state index < -0.39 is 17.0 Å². The van der Waals surface area contributed by atoms with E-state index in [0.29, 0.717) is 29.5 Å². The highest BCUT2D eigenvalue weighted by Gasteiger charge is 2.36. The van der Waals surface area contributed by atoms with Crippen molar-refractivity contribution in [1.82, 2.24) is 19.6 Å². The number of aliphatic imine (C=N–C) groups is 1. The second kappa shape index (κ2) is 7.63. The maximum absolute atomic E-state index is 15.2. The van der Waals surface area contributed by atoms with Crippen molar-refractivity contribution in [2.75, 3.05) is 11.4 Å². The first-order chi connectivity index (χ1) is 15.8. The minimum atomic E-state index is -0.953. The van der Waals surface area contributed by atoms with E-state index >= 15 is 4.39 Å². The zero-order valence-electron chi connectivity index (χ0n) is 18.5. The Morgan fingerprint density at radius 2 is 2.03 bits per heavy atom. The molecule has 2 aromatic heterocycles. The molecule has 2 aliphatic heterocycles. The number of aryl methyl sites for hydroxylation is 1. The van der Waals surface area contributed by atoms with Gasteiger partial charge in [0.2, 0.25) is 0 Å². The Kier molecular flexibility index (Phi) is 4.86. The molecule has 0 N–H and O–H groups in total. The number of nitriles is 1. The topological polar surface area (TPSA) is 82.5 Å². The normalized spacial score (nSPS) is 20.2. The summed E-state index contributed by atoms with van der Waals surface area (Å²) in [5.74, 6) is 5.45. The van der Waals surface area contributed by atoms with E-state index in [9.17, 15) is 9.65 Å². The average molecular weight is 445 g/mol. The number of benzene rings is 1. The lowest BCUT2D eigenvalue weighted by Gasteiger charge is -2.41. The van der Waals surface area contributed by atoms with Crippen molar-refractivity contribution in [2.24, 2.45) is 16.3 Å². The summed E-state index contributed by atoms with van der Waals surface area (Å²) in [6, 6.07) is 4.59. The van der Waals surface area contributed by atoms with Crippen molar-refractivity contribution in [3.05, 3.63) is 41.4 Å². The summed E-state index contributed by atoms with van der Waals surface area (Å²) in [5.41, 5.74) is 0.504. The minimum absolute atomic E-state index is 0.00236. The molecule has 166 valence electrons. The summed E-state index contributed by atoms with van der Waals surface area (Å²) in [6.07, 6.45) is 5.20. The van der Waals surface area contributed by atoms with Crippen LogP contribution in [0.1, 0.15) is 32.5 Å². The van der Waals surface area contributed by atoms with Gasteiger partial charge in [-0.1, -0.05) is 11.8 Å². The number of piperidine rings is 1. The van der Waals surface area contributed by atoms with Gasteiger partial charge in [0.15, 0.2) is 11.6 Å². The average Bonchev–Trinajstić information content (AvgIpc) is 3.19. The van der Waals surface area contributed by atoms with Gasteiger partial charge in [-0.25, -0.2) is 8.78 Å². The lowest BCUT2D eigenvalue weighted by atomic mass is 9.82. The Hall–Kier alpha value is -3.85. The monoisotopic (exact) mass is 445 g/mol. The maximum atomic E-state index is 15.2. The predicted molar refractivity (Wildman–Crippen MR) is 121 cm³/mol. The molecule has 3 aromatic rings. The first kappa shape index (κ1) is 21.0. The molecule has 2 unspecified atom stereocenters. The van der Waals surface area contributed by atoms with Gasteiger partial charge in [0.25, 0.3) is 5.78 Å². The first-order valence-corrected chi connectivity index (χ1v) is 10.7. The minimum Gasteiger partial charge on any atom is -0.347 e. The number of hydrogen-bond donors (Lipinski definition) is 0. The molecular formula is C24H21F2N7. The Bertz CT molecular complexity index is 1450. The summed E-state index contributed by atoms with van der Waals surface area (Å²) in [6.45, 7) is 5.87. The van der Waals surface area contributed by atoms with Crippen molar-refractivity contribution in [1.29, 1.82) is 5.26 Å². The lowest BCUT2D eigenvalue weighted by molar-refractivity contribution is 0.428. The second-order valence-corrected chi connectivity index (χ2v) is 8.88. The van der Waals surface area contributed by atoms with E-state index in [4.69, 9.17) is 0 Å². The molecule has 1 fully saturated rings. The van der Waals surface area contributed by atoms with Crippen LogP contribution >= 0.6 is 0 Å². The standard InChI is InChI=1S/C24H21F2N7/c1-14-30-31-23-29-22(20-18(33(14)23)7-6-17(25)21(20)26)32-10-4-5-16-15(11-28-12-19(16)32)8-9-24(2,3)13-27/h6-7,11-12,16,19H,4-5,10H2,1-3H3. The number of aromatic nitrogens is 4. The molecule has 0 spiro atoms. The van der Waals surface area contributed by atoms with Crippen LogP contribution in [0.4, 0.5) is 14.6 Å². The van der Waals surface area contributed by atoms with Gasteiger partial charge in [-0.2, -0.15) is 10.2 Å².